The van der Waals surface area contributed by atoms with E-state index in [0.717, 1.165) is 30.0 Å². The fourth-order valence-electron chi connectivity index (χ4n) is 3.55. The summed E-state index contributed by atoms with van der Waals surface area (Å²) in [6.07, 6.45) is -0.0453. The Morgan fingerprint density at radius 3 is 2.69 bits per heavy atom. The Hall–Kier alpha value is -2.29. The molecule has 1 unspecified atom stereocenters. The van der Waals surface area contributed by atoms with E-state index in [1.165, 1.54) is 11.3 Å². The van der Waals surface area contributed by atoms with Crippen LogP contribution in [-0.2, 0) is 17.8 Å². The predicted molar refractivity (Wildman–Crippen MR) is 114 cm³/mol. The zero-order chi connectivity index (χ0) is 19.8. The van der Waals surface area contributed by atoms with E-state index < -0.39 is 12.0 Å². The van der Waals surface area contributed by atoms with Gasteiger partial charge in [0.05, 0.1) is 5.56 Å². The number of amides is 2. The minimum absolute atomic E-state index is 0. The second-order valence-electron chi connectivity index (χ2n) is 7.24. The molecule has 7 nitrogen and oxygen atoms in total. The number of hydrogen-bond donors (Lipinski definition) is 2. The Labute approximate surface area is 179 Å². The lowest BCUT2D eigenvalue weighted by atomic mass is 10.0. The number of carbonyl (C=O) groups is 2. The van der Waals surface area contributed by atoms with E-state index in [2.05, 4.69) is 24.1 Å². The smallest absolute Gasteiger partial charge is 0.269 e. The van der Waals surface area contributed by atoms with Gasteiger partial charge in [-0.3, -0.25) is 14.5 Å². The summed E-state index contributed by atoms with van der Waals surface area (Å²) in [6, 6.07) is 7.63. The number of nitrogens with two attached hydrogens (primary N) is 1. The summed E-state index contributed by atoms with van der Waals surface area (Å²) in [5, 5.41) is 3.34. The number of primary amides is 1. The molecule has 0 spiro atoms. The molecule has 2 aromatic rings. The maximum atomic E-state index is 12.8. The first-order valence-electron chi connectivity index (χ1n) is 9.31. The highest BCUT2D eigenvalue weighted by Gasteiger charge is 2.32. The van der Waals surface area contributed by atoms with Crippen LogP contribution in [0.3, 0.4) is 0 Å². The van der Waals surface area contributed by atoms with Crippen molar-refractivity contribution in [3.8, 4) is 11.5 Å². The number of anilines is 1. The van der Waals surface area contributed by atoms with Gasteiger partial charge in [0.1, 0.15) is 11.6 Å². The fraction of sp³-hybridized carbons (Fsp3) is 0.400. The molecule has 1 atom stereocenters. The zero-order valence-corrected chi connectivity index (χ0v) is 17.9. The van der Waals surface area contributed by atoms with Crippen molar-refractivity contribution < 1.29 is 19.1 Å². The number of fused-ring (bicyclic) bond motifs is 2. The number of halogens is 1. The number of thiophene rings is 1. The molecule has 9 heteroatoms. The Bertz CT molecular complexity index is 930. The minimum Gasteiger partial charge on any atom is -0.485 e. The lowest BCUT2D eigenvalue weighted by molar-refractivity contribution is -0.125. The highest BCUT2D eigenvalue weighted by molar-refractivity contribution is 7.17. The third-order valence-electron chi connectivity index (χ3n) is 5.10. The molecule has 3 N–H and O–H groups in total. The summed E-state index contributed by atoms with van der Waals surface area (Å²) < 4.78 is 11.4. The van der Waals surface area contributed by atoms with E-state index in [0.29, 0.717) is 28.1 Å². The lowest BCUT2D eigenvalue weighted by Crippen LogP contribution is -2.40. The molecule has 0 radical (unpaired) electrons. The predicted octanol–water partition coefficient (Wildman–Crippen LogP) is 2.81. The SMILES string of the molecule is CC(C)N1CCc2c(sc(NC(=O)C3COc4ccccc4O3)c2C(N)=O)C1.Cl. The van der Waals surface area contributed by atoms with Crippen LogP contribution in [0.4, 0.5) is 5.00 Å². The van der Waals surface area contributed by atoms with Crippen LogP contribution in [0, 0.1) is 0 Å². The van der Waals surface area contributed by atoms with E-state index in [9.17, 15) is 9.59 Å². The van der Waals surface area contributed by atoms with Crippen molar-refractivity contribution >= 4 is 40.6 Å². The van der Waals surface area contributed by atoms with E-state index >= 15 is 0 Å². The first-order valence-corrected chi connectivity index (χ1v) is 10.1. The van der Waals surface area contributed by atoms with Crippen molar-refractivity contribution in [3.05, 3.63) is 40.3 Å². The average Bonchev–Trinajstić information content (AvgIpc) is 3.04. The van der Waals surface area contributed by atoms with Gasteiger partial charge < -0.3 is 20.5 Å². The summed E-state index contributed by atoms with van der Waals surface area (Å²) in [6.45, 7) is 6.03. The van der Waals surface area contributed by atoms with Crippen LogP contribution in [0.5, 0.6) is 11.5 Å². The van der Waals surface area contributed by atoms with Gasteiger partial charge in [-0.05, 0) is 38.0 Å². The van der Waals surface area contributed by atoms with Gasteiger partial charge in [0.2, 0.25) is 6.10 Å². The summed E-state index contributed by atoms with van der Waals surface area (Å²) in [4.78, 5) is 28.3. The molecule has 156 valence electrons. The zero-order valence-electron chi connectivity index (χ0n) is 16.3. The van der Waals surface area contributed by atoms with E-state index in [4.69, 9.17) is 15.2 Å². The maximum absolute atomic E-state index is 12.8. The van der Waals surface area contributed by atoms with Crippen LogP contribution < -0.4 is 20.5 Å². The third kappa shape index (κ3) is 4.19. The van der Waals surface area contributed by atoms with Crippen LogP contribution in [0.15, 0.2) is 24.3 Å². The van der Waals surface area contributed by atoms with Crippen LogP contribution in [0.25, 0.3) is 0 Å². The van der Waals surface area contributed by atoms with Crippen LogP contribution in [0.2, 0.25) is 0 Å². The first kappa shape index (κ1) is 21.4. The van der Waals surface area contributed by atoms with Gasteiger partial charge in [0.15, 0.2) is 11.5 Å². The van der Waals surface area contributed by atoms with Gasteiger partial charge in [-0.25, -0.2) is 0 Å². The first-order chi connectivity index (χ1) is 13.4. The van der Waals surface area contributed by atoms with Crippen LogP contribution in [0.1, 0.15) is 34.6 Å². The van der Waals surface area contributed by atoms with E-state index in [-0.39, 0.29) is 24.9 Å². The number of carbonyl (C=O) groups excluding carboxylic acids is 2. The minimum atomic E-state index is -0.790. The van der Waals surface area contributed by atoms with Gasteiger partial charge in [0, 0.05) is 24.0 Å². The maximum Gasteiger partial charge on any atom is 0.269 e. The number of ether oxygens (including phenoxy) is 2. The Balaban J connectivity index is 0.00000240. The second-order valence-corrected chi connectivity index (χ2v) is 8.35. The molecule has 1 aromatic carbocycles. The van der Waals surface area contributed by atoms with Gasteiger partial charge >= 0.3 is 0 Å². The molecule has 1 aromatic heterocycles. The average molecular weight is 438 g/mol. The molecule has 2 aliphatic heterocycles. The van der Waals surface area contributed by atoms with Crippen LogP contribution >= 0.6 is 23.7 Å². The molecule has 0 saturated carbocycles. The number of para-hydroxylation sites is 2. The number of hydrogen-bond acceptors (Lipinski definition) is 6. The van der Waals surface area contributed by atoms with Crippen molar-refractivity contribution in [2.45, 2.75) is 39.0 Å². The molecule has 0 saturated heterocycles. The molecule has 0 bridgehead atoms. The molecule has 29 heavy (non-hydrogen) atoms. The topological polar surface area (TPSA) is 93.9 Å². The molecular weight excluding hydrogens is 414 g/mol. The highest BCUT2D eigenvalue weighted by atomic mass is 35.5. The van der Waals surface area contributed by atoms with Gasteiger partial charge in [-0.1, -0.05) is 12.1 Å². The van der Waals surface area contributed by atoms with E-state index in [1.807, 2.05) is 12.1 Å². The molecule has 2 aliphatic rings. The standard InChI is InChI=1S/C20H23N3O4S.ClH/c1-11(2)23-8-7-12-16(9-23)28-20(17(12)18(21)24)22-19(25)15-10-26-13-5-3-4-6-14(13)27-15;/h3-6,11,15H,7-10H2,1-2H3,(H2,21,24)(H,22,25);1H. The number of rotatable bonds is 4. The largest absolute Gasteiger partial charge is 0.485 e. The van der Waals surface area contributed by atoms with E-state index in [1.54, 1.807) is 12.1 Å². The van der Waals surface area contributed by atoms with Crippen molar-refractivity contribution in [2.24, 2.45) is 5.73 Å². The number of nitrogens with zero attached hydrogens (tertiary/aromatic N) is 1. The van der Waals surface area contributed by atoms with Gasteiger partial charge in [-0.15, -0.1) is 23.7 Å². The summed E-state index contributed by atoms with van der Waals surface area (Å²) in [5.74, 6) is 0.278. The highest BCUT2D eigenvalue weighted by Crippen LogP contribution is 2.38. The van der Waals surface area contributed by atoms with Gasteiger partial charge in [-0.2, -0.15) is 0 Å². The normalized spacial score (nSPS) is 18.0. The number of benzene rings is 1. The van der Waals surface area contributed by atoms with Crippen molar-refractivity contribution in [1.29, 1.82) is 0 Å². The summed E-state index contributed by atoms with van der Waals surface area (Å²) >= 11 is 1.42. The molecule has 3 heterocycles. The molecule has 4 rings (SSSR count). The molecular formula is C20H24ClN3O4S. The Kier molecular flexibility index (Phi) is 6.36. The third-order valence-corrected chi connectivity index (χ3v) is 6.23. The lowest BCUT2D eigenvalue weighted by Gasteiger charge is -2.30. The monoisotopic (exact) mass is 437 g/mol. The molecule has 0 aliphatic carbocycles. The van der Waals surface area contributed by atoms with Crippen molar-refractivity contribution in [1.82, 2.24) is 4.90 Å². The van der Waals surface area contributed by atoms with Gasteiger partial charge in [0.25, 0.3) is 11.8 Å². The Morgan fingerprint density at radius 2 is 2.00 bits per heavy atom. The molecule has 0 fully saturated rings. The molecule has 2 amide bonds. The summed E-state index contributed by atoms with van der Waals surface area (Å²) in [7, 11) is 0. The van der Waals surface area contributed by atoms with Crippen LogP contribution in [-0.4, -0.2) is 42.0 Å². The number of nitrogens with one attached hydrogen (secondary N) is 1. The van der Waals surface area contributed by atoms with Crippen molar-refractivity contribution in [2.75, 3.05) is 18.5 Å². The fourth-order valence-corrected chi connectivity index (χ4v) is 4.84. The quantitative estimate of drug-likeness (QED) is 0.767. The Morgan fingerprint density at radius 1 is 1.28 bits per heavy atom. The van der Waals surface area contributed by atoms with Crippen molar-refractivity contribution in [3.63, 3.8) is 0 Å². The second kappa shape index (κ2) is 8.61. The summed E-state index contributed by atoms with van der Waals surface area (Å²) in [5.41, 5.74) is 7.02.